The molecular weight excluding hydrogens is 454 g/mol. The molecular formula is C33H27N3O. The van der Waals surface area contributed by atoms with Gasteiger partial charge in [0.05, 0.1) is 23.7 Å². The van der Waals surface area contributed by atoms with Gasteiger partial charge in [0.15, 0.2) is 0 Å². The molecule has 0 unspecified atom stereocenters. The van der Waals surface area contributed by atoms with Gasteiger partial charge in [-0.2, -0.15) is 0 Å². The Labute approximate surface area is 217 Å². The van der Waals surface area contributed by atoms with Gasteiger partial charge in [-0.25, -0.2) is 10.1 Å². The summed E-state index contributed by atoms with van der Waals surface area (Å²) in [5, 5.41) is 12.0. The summed E-state index contributed by atoms with van der Waals surface area (Å²) in [7, 11) is 0. The van der Waals surface area contributed by atoms with Gasteiger partial charge in [0, 0.05) is 22.9 Å². The van der Waals surface area contributed by atoms with Gasteiger partial charge >= 0.3 is 0 Å². The van der Waals surface area contributed by atoms with Crippen LogP contribution >= 0.6 is 0 Å². The maximum Gasteiger partial charge on any atom is 0.265 e. The molecule has 0 amide bonds. The minimum absolute atomic E-state index is 0.176. The molecule has 1 aliphatic heterocycles. The van der Waals surface area contributed by atoms with E-state index in [0.717, 1.165) is 48.3 Å². The molecule has 1 saturated carbocycles. The predicted molar refractivity (Wildman–Crippen MR) is 149 cm³/mol. The first-order valence-electron chi connectivity index (χ1n) is 12.9. The van der Waals surface area contributed by atoms with E-state index in [1.807, 2.05) is 18.2 Å². The van der Waals surface area contributed by atoms with Gasteiger partial charge in [-0.15, -0.1) is 0 Å². The fraction of sp³-hybridized carbons (Fsp3) is 0.212. The fourth-order valence-electron chi connectivity index (χ4n) is 5.88. The van der Waals surface area contributed by atoms with E-state index in [1.165, 1.54) is 28.2 Å². The molecule has 2 heterocycles. The first-order valence-corrected chi connectivity index (χ1v) is 12.9. The molecule has 0 bridgehead atoms. The summed E-state index contributed by atoms with van der Waals surface area (Å²) < 4.78 is 8.82. The second kappa shape index (κ2) is 9.49. The molecule has 6 rings (SSSR count). The number of hydrogen-bond donors (Lipinski definition) is 0. The van der Waals surface area contributed by atoms with Crippen LogP contribution in [-0.2, 0) is 4.74 Å². The maximum absolute atomic E-state index is 9.48. The molecule has 4 aromatic rings. The first-order chi connectivity index (χ1) is 18.2. The van der Waals surface area contributed by atoms with Crippen molar-refractivity contribution in [1.29, 1.82) is 5.26 Å². The summed E-state index contributed by atoms with van der Waals surface area (Å²) in [6.45, 7) is 7.44. The van der Waals surface area contributed by atoms with Gasteiger partial charge in [-0.3, -0.25) is 0 Å². The quantitative estimate of drug-likeness (QED) is 0.217. The molecule has 0 radical (unpaired) electrons. The largest absolute Gasteiger partial charge is 0.487 e. The Balaban J connectivity index is 1.33. The van der Waals surface area contributed by atoms with Crippen molar-refractivity contribution in [1.82, 2.24) is 4.57 Å². The van der Waals surface area contributed by atoms with Crippen LogP contribution in [0.2, 0.25) is 0 Å². The minimum atomic E-state index is -0.296. The smallest absolute Gasteiger partial charge is 0.265 e. The van der Waals surface area contributed by atoms with Crippen LogP contribution in [-0.4, -0.2) is 10.2 Å². The number of ether oxygens (including phenoxy) is 1. The Bertz CT molecular complexity index is 1590. The van der Waals surface area contributed by atoms with Gasteiger partial charge in [-0.1, -0.05) is 61.0 Å². The molecule has 1 fully saturated rings. The van der Waals surface area contributed by atoms with E-state index in [0.29, 0.717) is 6.42 Å². The zero-order valence-corrected chi connectivity index (χ0v) is 20.7. The number of para-hydroxylation sites is 2. The van der Waals surface area contributed by atoms with Crippen LogP contribution in [0, 0.1) is 17.9 Å². The van der Waals surface area contributed by atoms with Gasteiger partial charge in [-0.05, 0) is 73.2 Å². The Hall–Kier alpha value is -4.54. The van der Waals surface area contributed by atoms with Crippen molar-refractivity contribution < 1.29 is 4.74 Å². The average Bonchev–Trinajstić information content (AvgIpc) is 3.28. The molecule has 4 heteroatoms. The molecule has 4 nitrogen and oxygen atoms in total. The van der Waals surface area contributed by atoms with Crippen LogP contribution in [0.3, 0.4) is 0 Å². The van der Waals surface area contributed by atoms with E-state index in [2.05, 4.69) is 88.3 Å². The van der Waals surface area contributed by atoms with Crippen LogP contribution in [0.5, 0.6) is 0 Å². The molecule has 180 valence electrons. The predicted octanol–water partition coefficient (Wildman–Crippen LogP) is 8.50. The summed E-state index contributed by atoms with van der Waals surface area (Å²) in [6.07, 6.45) is 11.9. The molecule has 3 aromatic carbocycles. The number of rotatable bonds is 3. The lowest BCUT2D eigenvalue weighted by Crippen LogP contribution is -2.37. The lowest BCUT2D eigenvalue weighted by Gasteiger charge is -2.41. The van der Waals surface area contributed by atoms with Gasteiger partial charge in [0.2, 0.25) is 0 Å². The van der Waals surface area contributed by atoms with Crippen LogP contribution in [0.1, 0.15) is 44.1 Å². The standard InChI is InChI=1S/C33H27N3O/c1-35-30(23-34)25-21-27(37-33(22-25)19-7-2-8-20-33)18-15-24-13-16-26(17-14-24)36-31-11-5-3-9-28(31)29-10-4-6-12-32(29)36/h3-6,9-18,21H,2,7-8,19-20,22H2. The Morgan fingerprint density at radius 3 is 2.16 bits per heavy atom. The van der Waals surface area contributed by atoms with Crippen molar-refractivity contribution >= 4 is 27.9 Å². The second-order valence-corrected chi connectivity index (χ2v) is 9.96. The molecule has 37 heavy (non-hydrogen) atoms. The molecule has 0 N–H and O–H groups in total. The zero-order chi connectivity index (χ0) is 25.2. The van der Waals surface area contributed by atoms with Crippen molar-refractivity contribution in [2.75, 3.05) is 0 Å². The topological polar surface area (TPSA) is 42.3 Å². The maximum atomic E-state index is 9.48. The highest BCUT2D eigenvalue weighted by atomic mass is 16.5. The molecule has 0 saturated heterocycles. The summed E-state index contributed by atoms with van der Waals surface area (Å²) in [5.41, 5.74) is 5.24. The number of hydrogen-bond acceptors (Lipinski definition) is 2. The van der Waals surface area contributed by atoms with Gasteiger partial charge in [0.25, 0.3) is 5.70 Å². The number of nitriles is 1. The summed E-state index contributed by atoms with van der Waals surface area (Å²) in [6, 6.07) is 27.6. The van der Waals surface area contributed by atoms with E-state index in [1.54, 1.807) is 0 Å². The molecule has 1 aliphatic carbocycles. The first kappa shape index (κ1) is 22.9. The van der Waals surface area contributed by atoms with Crippen LogP contribution in [0.4, 0.5) is 0 Å². The van der Waals surface area contributed by atoms with Crippen molar-refractivity contribution in [3.8, 4) is 11.8 Å². The summed E-state index contributed by atoms with van der Waals surface area (Å²) in [4.78, 5) is 3.48. The number of nitrogens with zero attached hydrogens (tertiary/aromatic N) is 3. The zero-order valence-electron chi connectivity index (χ0n) is 20.7. The van der Waals surface area contributed by atoms with E-state index < -0.39 is 0 Å². The Morgan fingerprint density at radius 2 is 1.54 bits per heavy atom. The highest BCUT2D eigenvalue weighted by Gasteiger charge is 2.38. The van der Waals surface area contributed by atoms with Crippen molar-refractivity contribution in [3.63, 3.8) is 0 Å². The lowest BCUT2D eigenvalue weighted by molar-refractivity contribution is -0.0285. The highest BCUT2D eigenvalue weighted by molar-refractivity contribution is 6.09. The Morgan fingerprint density at radius 1 is 0.892 bits per heavy atom. The highest BCUT2D eigenvalue weighted by Crippen LogP contribution is 2.43. The number of benzene rings is 3. The van der Waals surface area contributed by atoms with E-state index in [4.69, 9.17) is 11.3 Å². The summed E-state index contributed by atoms with van der Waals surface area (Å²) in [5.74, 6) is 0.728. The summed E-state index contributed by atoms with van der Waals surface area (Å²) >= 11 is 0. The van der Waals surface area contributed by atoms with Crippen LogP contribution < -0.4 is 0 Å². The average molecular weight is 482 g/mol. The number of fused-ring (bicyclic) bond motifs is 3. The van der Waals surface area contributed by atoms with Crippen molar-refractivity contribution in [2.24, 2.45) is 0 Å². The molecule has 0 atom stereocenters. The normalized spacial score (nSPS) is 18.4. The monoisotopic (exact) mass is 481 g/mol. The third-order valence-corrected chi connectivity index (χ3v) is 7.62. The SMILES string of the molecule is [C-]#[N+]C(C#N)=C1C=C(C=Cc2ccc(-n3c4ccccc4c4ccccc43)cc2)OC2(CCCCC2)C1. The van der Waals surface area contributed by atoms with E-state index in [9.17, 15) is 5.26 Å². The minimum Gasteiger partial charge on any atom is -0.487 e. The van der Waals surface area contributed by atoms with Crippen molar-refractivity contribution in [2.45, 2.75) is 44.1 Å². The van der Waals surface area contributed by atoms with E-state index in [-0.39, 0.29) is 11.3 Å². The Kier molecular flexibility index (Phi) is 5.87. The fourth-order valence-corrected chi connectivity index (χ4v) is 5.88. The van der Waals surface area contributed by atoms with Gasteiger partial charge in [0.1, 0.15) is 11.4 Å². The third kappa shape index (κ3) is 4.22. The lowest BCUT2D eigenvalue weighted by atomic mass is 9.78. The molecule has 1 aromatic heterocycles. The van der Waals surface area contributed by atoms with Crippen LogP contribution in [0.15, 0.2) is 102 Å². The van der Waals surface area contributed by atoms with Crippen LogP contribution in [0.25, 0.3) is 38.4 Å². The number of allylic oxidation sites excluding steroid dienone is 3. The second-order valence-electron chi connectivity index (χ2n) is 9.96. The third-order valence-electron chi connectivity index (χ3n) is 7.62. The molecule has 2 aliphatic rings. The van der Waals surface area contributed by atoms with Gasteiger partial charge < -0.3 is 9.30 Å². The van der Waals surface area contributed by atoms with Crippen molar-refractivity contribution in [3.05, 3.63) is 119 Å². The molecule has 1 spiro atoms. The number of aromatic nitrogens is 1. The van der Waals surface area contributed by atoms with E-state index >= 15 is 0 Å².